The molecule has 0 saturated carbocycles. The number of carbonyl (C=O) groups is 4. The maximum absolute atomic E-state index is 14.0. The van der Waals surface area contributed by atoms with Gasteiger partial charge in [0.1, 0.15) is 11.8 Å². The molecule has 0 saturated heterocycles. The zero-order chi connectivity index (χ0) is 45.9. The second kappa shape index (κ2) is 18.9. The number of anilines is 1. The summed E-state index contributed by atoms with van der Waals surface area (Å²) >= 11 is 0. The van der Waals surface area contributed by atoms with Crippen LogP contribution in [-0.2, 0) is 22.6 Å². The summed E-state index contributed by atoms with van der Waals surface area (Å²) in [5, 5.41) is 5.49. The summed E-state index contributed by atoms with van der Waals surface area (Å²) in [6.07, 6.45) is 7.11. The first-order valence-electron chi connectivity index (χ1n) is 21.6. The van der Waals surface area contributed by atoms with Crippen LogP contribution in [0.2, 0.25) is 0 Å². The minimum absolute atomic E-state index is 0.0592. The summed E-state index contributed by atoms with van der Waals surface area (Å²) in [6, 6.07) is 18.1. The lowest BCUT2D eigenvalue weighted by atomic mass is 9.94. The molecule has 4 N–H and O–H groups in total. The summed E-state index contributed by atoms with van der Waals surface area (Å²) in [5.41, 5.74) is 12.3. The number of methoxy groups -OCH3 is 3. The van der Waals surface area contributed by atoms with Gasteiger partial charge in [-0.25, -0.2) is 0 Å². The molecule has 0 spiro atoms. The van der Waals surface area contributed by atoms with Crippen molar-refractivity contribution in [2.24, 2.45) is 21.6 Å². The van der Waals surface area contributed by atoms with Crippen molar-refractivity contribution in [1.29, 1.82) is 0 Å². The van der Waals surface area contributed by atoms with E-state index in [0.29, 0.717) is 77.0 Å². The van der Waals surface area contributed by atoms with Crippen molar-refractivity contribution in [1.82, 2.24) is 15.1 Å². The van der Waals surface area contributed by atoms with E-state index < -0.39 is 12.1 Å². The van der Waals surface area contributed by atoms with E-state index in [-0.39, 0.29) is 54.8 Å². The van der Waals surface area contributed by atoms with Crippen molar-refractivity contribution < 1.29 is 42.9 Å². The Bertz CT molecular complexity index is 2610. The van der Waals surface area contributed by atoms with E-state index in [1.807, 2.05) is 61.5 Å². The van der Waals surface area contributed by atoms with Crippen molar-refractivity contribution in [3.63, 3.8) is 0 Å². The molecule has 65 heavy (non-hydrogen) atoms. The largest absolute Gasteiger partial charge is 0.497 e. The Morgan fingerprint density at radius 3 is 1.98 bits per heavy atom. The van der Waals surface area contributed by atoms with Crippen LogP contribution in [0.4, 0.5) is 17.1 Å². The molecule has 0 bridgehead atoms. The molecule has 0 aromatic heterocycles. The van der Waals surface area contributed by atoms with Crippen molar-refractivity contribution in [3.8, 4) is 28.7 Å². The highest BCUT2D eigenvalue weighted by atomic mass is 16.5. The van der Waals surface area contributed by atoms with Gasteiger partial charge >= 0.3 is 0 Å². The maximum atomic E-state index is 14.0. The summed E-state index contributed by atoms with van der Waals surface area (Å²) < 4.78 is 29.1. The fraction of sp³-hybridized carbons (Fsp3) is 0.347. The van der Waals surface area contributed by atoms with Crippen molar-refractivity contribution in [3.05, 3.63) is 101 Å². The smallest absolute Gasteiger partial charge is 0.260 e. The van der Waals surface area contributed by atoms with E-state index in [0.717, 1.165) is 28.0 Å². The molecule has 4 heterocycles. The van der Waals surface area contributed by atoms with Gasteiger partial charge in [-0.2, -0.15) is 0 Å². The summed E-state index contributed by atoms with van der Waals surface area (Å²) in [5.74, 6) is 1.28. The lowest BCUT2D eigenvalue weighted by Gasteiger charge is -2.34. The Balaban J connectivity index is 0.869. The molecule has 1 unspecified atom stereocenters. The number of benzene rings is 4. The average molecular weight is 884 g/mol. The van der Waals surface area contributed by atoms with E-state index in [1.54, 1.807) is 61.5 Å². The van der Waals surface area contributed by atoms with Gasteiger partial charge in [0.25, 0.3) is 11.8 Å². The second-order valence-corrected chi connectivity index (χ2v) is 16.7. The molecule has 4 atom stereocenters. The number of ether oxygens (including phenoxy) is 5. The van der Waals surface area contributed by atoms with Gasteiger partial charge in [0.05, 0.1) is 75.2 Å². The lowest BCUT2D eigenvalue weighted by Crippen LogP contribution is -2.50. The van der Waals surface area contributed by atoms with Gasteiger partial charge in [-0.3, -0.25) is 29.2 Å². The summed E-state index contributed by atoms with van der Waals surface area (Å²) in [4.78, 5) is 65.9. The molecule has 4 aliphatic rings. The molecule has 4 aliphatic heterocycles. The van der Waals surface area contributed by atoms with Crippen molar-refractivity contribution in [2.75, 3.05) is 39.9 Å². The second-order valence-electron chi connectivity index (χ2n) is 16.7. The van der Waals surface area contributed by atoms with E-state index >= 15 is 0 Å². The molecule has 8 rings (SSSR count). The van der Waals surface area contributed by atoms with Crippen LogP contribution >= 0.6 is 0 Å². The molecular formula is C49H53N7O9. The fourth-order valence-electron chi connectivity index (χ4n) is 8.18. The Kier molecular flexibility index (Phi) is 12.9. The maximum Gasteiger partial charge on any atom is 0.260 e. The molecule has 4 aromatic carbocycles. The third kappa shape index (κ3) is 9.25. The monoisotopic (exact) mass is 883 g/mol. The summed E-state index contributed by atoms with van der Waals surface area (Å²) in [6.45, 7) is 6.28. The zero-order valence-corrected chi connectivity index (χ0v) is 37.3. The molecule has 338 valence electrons. The lowest BCUT2D eigenvalue weighted by molar-refractivity contribution is -0.127. The third-order valence-electron chi connectivity index (χ3n) is 12.1. The SMILES string of the molecule is COc1ccc2c(c1)CN1C(=O)c3cc(OC)c(OCCCOc4cc5c(cc4OC)C(=O)N4C=C(c6ccc(NC(=O)[C@H](C)NC(=O)[C@@H](N)C(C)C)cc6)C[C@H]4C=N5)cc3N=CC1C2. The van der Waals surface area contributed by atoms with Crippen LogP contribution in [0.3, 0.4) is 0 Å². The topological polar surface area (TPSA) is 196 Å². The Labute approximate surface area is 377 Å². The Morgan fingerprint density at radius 1 is 0.738 bits per heavy atom. The number of aliphatic imine (C=N–C) groups is 2. The number of carbonyl (C=O) groups excluding carboxylic acids is 4. The predicted octanol–water partition coefficient (Wildman–Crippen LogP) is 6.24. The molecule has 0 radical (unpaired) electrons. The van der Waals surface area contributed by atoms with Gasteiger partial charge in [0.2, 0.25) is 11.8 Å². The van der Waals surface area contributed by atoms with Crippen LogP contribution in [-0.4, -0.2) is 105 Å². The van der Waals surface area contributed by atoms with Crippen molar-refractivity contribution in [2.45, 2.75) is 70.7 Å². The number of nitrogens with two attached hydrogens (primary N) is 1. The number of nitrogens with zero attached hydrogens (tertiary/aromatic N) is 4. The van der Waals surface area contributed by atoms with Crippen LogP contribution < -0.4 is 40.1 Å². The highest BCUT2D eigenvalue weighted by molar-refractivity contribution is 6.06. The van der Waals surface area contributed by atoms with Gasteiger partial charge in [-0.15, -0.1) is 0 Å². The first kappa shape index (κ1) is 44.4. The standard InChI is InChI=1S/C49H53N7O9/c1-27(2)45(50)47(58)53-28(3)46(57)54-33-11-8-29(9-12-33)31-17-35-24-52-40-22-44(41(62-5)19-37(40)48(59)55(35)25-31)65-15-7-14-64-43-21-39-38(20-42(43)63-6)49(60)56-26-32-18-36(61-4)13-10-30(32)16-34(56)23-51-39/h8-13,18-25,27-28,34-35,45H,7,14-17,26,50H2,1-6H3,(H,53,58)(H,54,57)/t28-,34?,35-,45-/m0/s1. The van der Waals surface area contributed by atoms with Crippen LogP contribution in [0.15, 0.2) is 82.9 Å². The van der Waals surface area contributed by atoms with Gasteiger partial charge in [-0.05, 0) is 77.9 Å². The first-order valence-corrected chi connectivity index (χ1v) is 21.6. The number of nitrogens with one attached hydrogen (secondary N) is 2. The fourth-order valence-corrected chi connectivity index (χ4v) is 8.18. The zero-order valence-electron chi connectivity index (χ0n) is 37.3. The number of amides is 4. The quantitative estimate of drug-likeness (QED) is 0.115. The predicted molar refractivity (Wildman–Crippen MR) is 246 cm³/mol. The first-order chi connectivity index (χ1) is 31.3. The van der Waals surface area contributed by atoms with Crippen LogP contribution in [0.1, 0.15) is 71.0 Å². The van der Waals surface area contributed by atoms with E-state index in [2.05, 4.69) is 10.6 Å². The molecule has 16 nitrogen and oxygen atoms in total. The number of hydrogen-bond acceptors (Lipinski definition) is 12. The minimum Gasteiger partial charge on any atom is -0.497 e. The molecule has 4 amide bonds. The van der Waals surface area contributed by atoms with Crippen LogP contribution in [0.5, 0.6) is 28.7 Å². The van der Waals surface area contributed by atoms with Gasteiger partial charge in [0, 0.05) is 55.8 Å². The summed E-state index contributed by atoms with van der Waals surface area (Å²) in [7, 11) is 4.68. The normalized spacial score (nSPS) is 17.9. The van der Waals surface area contributed by atoms with E-state index in [9.17, 15) is 19.2 Å². The number of hydrogen-bond donors (Lipinski definition) is 3. The molecule has 0 aliphatic carbocycles. The highest BCUT2D eigenvalue weighted by Gasteiger charge is 2.35. The Hall–Kier alpha value is -7.20. The highest BCUT2D eigenvalue weighted by Crippen LogP contribution is 2.41. The van der Waals surface area contributed by atoms with Crippen molar-refractivity contribution >= 4 is 58.7 Å². The molecule has 16 heteroatoms. The number of fused-ring (bicyclic) bond motifs is 5. The Morgan fingerprint density at radius 2 is 1.37 bits per heavy atom. The average Bonchev–Trinajstić information content (AvgIpc) is 3.64. The minimum atomic E-state index is -0.776. The van der Waals surface area contributed by atoms with Crippen LogP contribution in [0, 0.1) is 5.92 Å². The molecule has 4 aromatic rings. The molecule has 0 fully saturated rings. The van der Waals surface area contributed by atoms with Crippen LogP contribution in [0.25, 0.3) is 5.57 Å². The van der Waals surface area contributed by atoms with E-state index in [4.69, 9.17) is 39.4 Å². The van der Waals surface area contributed by atoms with Gasteiger partial charge < -0.3 is 49.9 Å². The molecular weight excluding hydrogens is 831 g/mol. The van der Waals surface area contributed by atoms with Gasteiger partial charge in [-0.1, -0.05) is 32.0 Å². The van der Waals surface area contributed by atoms with Gasteiger partial charge in [0.15, 0.2) is 23.0 Å². The van der Waals surface area contributed by atoms with E-state index in [1.165, 1.54) is 14.2 Å². The number of rotatable bonds is 15. The third-order valence-corrected chi connectivity index (χ3v) is 12.1.